The fraction of sp³-hybridized carbons (Fsp3) is 0.250. The van der Waals surface area contributed by atoms with Crippen LogP contribution in [0, 0.1) is 0 Å². The van der Waals surface area contributed by atoms with Crippen molar-refractivity contribution in [2.45, 2.75) is 0 Å². The highest BCUT2D eigenvalue weighted by atomic mass is 32.1. The highest BCUT2D eigenvalue weighted by molar-refractivity contribution is 7.64. The third kappa shape index (κ3) is 2.72. The second-order valence-corrected chi connectivity index (χ2v) is 4.54. The van der Waals surface area contributed by atoms with E-state index in [4.69, 9.17) is 0 Å². The minimum Gasteiger partial charge on any atom is -0.0817 e. The first-order chi connectivity index (χ1) is 4.30. The summed E-state index contributed by atoms with van der Waals surface area (Å²) in [6.07, 6.45) is 0. The Morgan fingerprint density at radius 3 is 1.80 bits per heavy atom. The van der Waals surface area contributed by atoms with Gasteiger partial charge in [0.25, 0.3) is 0 Å². The van der Waals surface area contributed by atoms with Crippen LogP contribution in [-0.2, 0) is 0 Å². The normalized spacial score (nSPS) is 9.10. The van der Waals surface area contributed by atoms with Crippen LogP contribution in [0.25, 0.3) is 0 Å². The molecule has 0 atom stereocenters. The number of benzene rings is 1. The molecule has 2 heteroatoms. The zero-order chi connectivity index (χ0) is 6.69. The summed E-state index contributed by atoms with van der Waals surface area (Å²) < 4.78 is 0. The average Bonchev–Trinajstić information content (AvgIpc) is 1.90. The molecular weight excluding hydrogens is 159 g/mol. The summed E-state index contributed by atoms with van der Waals surface area (Å²) in [5, 5.41) is 1.48. The molecule has 0 saturated carbocycles. The van der Waals surface area contributed by atoms with Gasteiger partial charge in [-0.1, -0.05) is 38.3 Å². The summed E-state index contributed by atoms with van der Waals surface area (Å²) in [5.74, 6) is 0. The Bertz CT molecular complexity index is 172. The third-order valence-corrected chi connectivity index (χ3v) is 2.60. The first-order valence-corrected chi connectivity index (χ1v) is 5.26. The van der Waals surface area contributed by atoms with E-state index in [9.17, 15) is 0 Å². The quantitative estimate of drug-likeness (QED) is 0.568. The Balaban J connectivity index is 0.000000810. The lowest BCUT2D eigenvalue weighted by molar-refractivity contribution is 1.77. The monoisotopic (exact) mass is 170 g/mol. The predicted octanol–water partition coefficient (Wildman–Crippen LogP) is 2.70. The Morgan fingerprint density at radius 1 is 1.00 bits per heavy atom. The lowest BCUT2D eigenvalue weighted by atomic mass is 10.4. The first kappa shape index (κ1) is 10.0. The topological polar surface area (TPSA) is 0 Å². The van der Waals surface area contributed by atoms with E-state index in [1.54, 1.807) is 0 Å². The molecule has 0 N–H and O–H groups in total. The molecule has 0 nitrogen and oxygen atoms in total. The molecule has 1 aromatic rings. The van der Waals surface area contributed by atoms with Crippen LogP contribution < -0.4 is 5.30 Å². The summed E-state index contributed by atoms with van der Waals surface area (Å²) >= 11 is 0. The second-order valence-electron chi connectivity index (χ2n) is 2.23. The molecule has 0 fully saturated rings. The molecular formula is C8H11PS. The lowest BCUT2D eigenvalue weighted by Crippen LogP contribution is -1.95. The van der Waals surface area contributed by atoms with Crippen LogP contribution in [0.2, 0.25) is 0 Å². The van der Waals surface area contributed by atoms with Crippen molar-refractivity contribution < 1.29 is 0 Å². The largest absolute Gasteiger partial charge is 0.0817 e. The van der Waals surface area contributed by atoms with Gasteiger partial charge in [0.1, 0.15) is 0 Å². The van der Waals surface area contributed by atoms with Crippen molar-refractivity contribution >= 4 is 26.7 Å². The van der Waals surface area contributed by atoms with Gasteiger partial charge < -0.3 is 0 Å². The maximum Gasteiger partial charge on any atom is 0 e. The lowest BCUT2D eigenvalue weighted by Gasteiger charge is -2.02. The molecule has 0 saturated heterocycles. The van der Waals surface area contributed by atoms with Gasteiger partial charge in [-0.3, -0.25) is 0 Å². The molecule has 0 aromatic heterocycles. The molecule has 10 heavy (non-hydrogen) atoms. The smallest absolute Gasteiger partial charge is 0 e. The standard InChI is InChI=1S/C8H11P.S/c1-9(2)8-6-4-3-5-7-8;/h3-7H,1-2H3;. The molecule has 54 valence electrons. The number of hydrogen-bond donors (Lipinski definition) is 0. The van der Waals surface area contributed by atoms with Gasteiger partial charge in [0.2, 0.25) is 0 Å². The van der Waals surface area contributed by atoms with Crippen molar-refractivity contribution in [1.29, 1.82) is 0 Å². The van der Waals surface area contributed by atoms with Crippen molar-refractivity contribution in [1.82, 2.24) is 0 Å². The highest BCUT2D eigenvalue weighted by Crippen LogP contribution is 2.22. The van der Waals surface area contributed by atoms with E-state index < -0.39 is 0 Å². The fourth-order valence-corrected chi connectivity index (χ4v) is 1.49. The van der Waals surface area contributed by atoms with Crippen molar-refractivity contribution in [2.75, 3.05) is 13.3 Å². The van der Waals surface area contributed by atoms with E-state index in [-0.39, 0.29) is 21.4 Å². The Kier molecular flexibility index (Phi) is 4.76. The van der Waals surface area contributed by atoms with E-state index in [0.717, 1.165) is 0 Å². The van der Waals surface area contributed by atoms with Crippen molar-refractivity contribution in [3.8, 4) is 0 Å². The molecule has 0 aliphatic carbocycles. The fourth-order valence-electron chi connectivity index (χ4n) is 0.726. The van der Waals surface area contributed by atoms with Crippen LogP contribution in [0.4, 0.5) is 0 Å². The Hall–Kier alpha value is -0.0000000000000000555. The summed E-state index contributed by atoms with van der Waals surface area (Å²) in [6, 6.07) is 10.6. The van der Waals surface area contributed by atoms with Crippen molar-refractivity contribution in [3.63, 3.8) is 0 Å². The van der Waals surface area contributed by atoms with Crippen LogP contribution in [0.15, 0.2) is 30.3 Å². The Morgan fingerprint density at radius 2 is 1.50 bits per heavy atom. The number of hydrogen-bond acceptors (Lipinski definition) is 0. The van der Waals surface area contributed by atoms with Gasteiger partial charge in [-0.15, -0.1) is 0 Å². The third-order valence-electron chi connectivity index (χ3n) is 1.27. The second kappa shape index (κ2) is 4.76. The molecule has 0 unspecified atom stereocenters. The maximum atomic E-state index is 2.27. The molecule has 1 rings (SSSR count). The zero-order valence-corrected chi connectivity index (χ0v) is 7.95. The van der Waals surface area contributed by atoms with E-state index in [1.165, 1.54) is 5.30 Å². The van der Waals surface area contributed by atoms with Gasteiger partial charge in [0.05, 0.1) is 0 Å². The van der Waals surface area contributed by atoms with Crippen molar-refractivity contribution in [2.24, 2.45) is 0 Å². The summed E-state index contributed by atoms with van der Waals surface area (Å²) in [5.41, 5.74) is 0. The Labute approximate surface area is 70.9 Å². The van der Waals surface area contributed by atoms with Gasteiger partial charge >= 0.3 is 0 Å². The SMILES string of the molecule is CP(C)c1ccccc1.[S]. The van der Waals surface area contributed by atoms with E-state index >= 15 is 0 Å². The molecule has 1 aromatic carbocycles. The van der Waals surface area contributed by atoms with E-state index in [2.05, 4.69) is 43.7 Å². The molecule has 2 radical (unpaired) electrons. The molecule has 0 amide bonds. The van der Waals surface area contributed by atoms with Gasteiger partial charge in [0, 0.05) is 13.5 Å². The number of rotatable bonds is 1. The summed E-state index contributed by atoms with van der Waals surface area (Å²) in [4.78, 5) is 0. The van der Waals surface area contributed by atoms with E-state index in [1.807, 2.05) is 0 Å². The summed E-state index contributed by atoms with van der Waals surface area (Å²) in [6.45, 7) is 4.54. The van der Waals surface area contributed by atoms with Crippen LogP contribution in [0.3, 0.4) is 0 Å². The molecule has 0 aliphatic rings. The van der Waals surface area contributed by atoms with Gasteiger partial charge in [-0.05, 0) is 18.6 Å². The summed E-state index contributed by atoms with van der Waals surface area (Å²) in [7, 11) is 0.104. The molecule has 0 bridgehead atoms. The maximum absolute atomic E-state index is 2.27. The van der Waals surface area contributed by atoms with E-state index in [0.29, 0.717) is 0 Å². The van der Waals surface area contributed by atoms with Crippen LogP contribution in [-0.4, -0.2) is 13.3 Å². The van der Waals surface area contributed by atoms with Crippen LogP contribution >= 0.6 is 21.4 Å². The molecule has 0 aliphatic heterocycles. The van der Waals surface area contributed by atoms with Crippen LogP contribution in [0.5, 0.6) is 0 Å². The van der Waals surface area contributed by atoms with Gasteiger partial charge in [-0.2, -0.15) is 0 Å². The zero-order valence-electron chi connectivity index (χ0n) is 6.24. The minimum absolute atomic E-state index is 0. The first-order valence-electron chi connectivity index (χ1n) is 3.03. The highest BCUT2D eigenvalue weighted by Gasteiger charge is 1.92. The van der Waals surface area contributed by atoms with Gasteiger partial charge in [0.15, 0.2) is 0 Å². The van der Waals surface area contributed by atoms with Crippen molar-refractivity contribution in [3.05, 3.63) is 30.3 Å². The molecule has 0 spiro atoms. The predicted molar refractivity (Wildman–Crippen MR) is 52.4 cm³/mol. The van der Waals surface area contributed by atoms with Gasteiger partial charge in [-0.25, -0.2) is 0 Å². The minimum atomic E-state index is 0. The average molecular weight is 170 g/mol. The van der Waals surface area contributed by atoms with Crippen LogP contribution in [0.1, 0.15) is 0 Å². The molecule has 0 heterocycles.